The largest absolute Gasteiger partial charge is 0.377 e. The number of piperidine rings is 1. The molecule has 27 heavy (non-hydrogen) atoms. The lowest BCUT2D eigenvalue weighted by Crippen LogP contribution is -2.44. The molecule has 1 fully saturated rings. The zero-order valence-corrected chi connectivity index (χ0v) is 16.1. The Morgan fingerprint density at radius 1 is 1.04 bits per heavy atom. The zero-order chi connectivity index (χ0) is 18.6. The average Bonchev–Trinajstić information content (AvgIpc) is 2.73. The average molecular weight is 365 g/mol. The van der Waals surface area contributed by atoms with Crippen LogP contribution in [-0.2, 0) is 11.3 Å². The lowest BCUT2D eigenvalue weighted by molar-refractivity contribution is 0.133. The van der Waals surface area contributed by atoms with E-state index >= 15 is 0 Å². The normalized spacial score (nSPS) is 17.3. The topological polar surface area (TPSA) is 44.7 Å². The van der Waals surface area contributed by atoms with Crippen LogP contribution in [0.3, 0.4) is 0 Å². The van der Waals surface area contributed by atoms with Crippen molar-refractivity contribution in [2.75, 3.05) is 41.4 Å². The number of nitrogens with zero attached hydrogens (tertiary/aromatic N) is 5. The molecule has 3 heterocycles. The minimum atomic E-state index is 0.504. The third-order valence-corrected chi connectivity index (χ3v) is 5.30. The summed E-state index contributed by atoms with van der Waals surface area (Å²) >= 11 is 0. The fraction of sp³-hybridized carbons (Fsp3) is 0.429. The van der Waals surface area contributed by atoms with Crippen LogP contribution in [0.5, 0.6) is 0 Å². The molecule has 0 saturated carbocycles. The summed E-state index contributed by atoms with van der Waals surface area (Å²) < 4.78 is 5.41. The molecule has 2 aliphatic rings. The fourth-order valence-corrected chi connectivity index (χ4v) is 3.78. The zero-order valence-electron chi connectivity index (χ0n) is 16.1. The van der Waals surface area contributed by atoms with Gasteiger partial charge in [0.15, 0.2) is 0 Å². The first-order valence-corrected chi connectivity index (χ1v) is 9.68. The summed E-state index contributed by atoms with van der Waals surface area (Å²) in [4.78, 5) is 16.0. The van der Waals surface area contributed by atoms with Gasteiger partial charge >= 0.3 is 0 Å². The highest BCUT2D eigenvalue weighted by atomic mass is 16.5. The van der Waals surface area contributed by atoms with Crippen molar-refractivity contribution in [1.29, 1.82) is 0 Å². The van der Waals surface area contributed by atoms with Gasteiger partial charge in [-0.2, -0.15) is 0 Å². The predicted octanol–water partition coefficient (Wildman–Crippen LogP) is 3.41. The van der Waals surface area contributed by atoms with Crippen molar-refractivity contribution in [3.05, 3.63) is 54.6 Å². The number of rotatable bonds is 5. The number of fused-ring (bicyclic) bond motifs is 1. The Morgan fingerprint density at radius 3 is 2.44 bits per heavy atom. The molecule has 0 N–H and O–H groups in total. The number of ether oxygens (including phenoxy) is 1. The van der Waals surface area contributed by atoms with Gasteiger partial charge < -0.3 is 19.4 Å². The number of anilines is 3. The van der Waals surface area contributed by atoms with Gasteiger partial charge in [-0.3, -0.25) is 0 Å². The van der Waals surface area contributed by atoms with Crippen molar-refractivity contribution in [2.24, 2.45) is 0 Å². The van der Waals surface area contributed by atoms with Crippen LogP contribution < -0.4 is 14.7 Å². The number of benzene rings is 1. The lowest BCUT2D eigenvalue weighted by atomic mass is 10.0. The van der Waals surface area contributed by atoms with Gasteiger partial charge in [0.05, 0.1) is 18.0 Å². The monoisotopic (exact) mass is 365 g/mol. The summed E-state index contributed by atoms with van der Waals surface area (Å²) in [5.74, 6) is 0.822. The van der Waals surface area contributed by atoms with Gasteiger partial charge in [-0.05, 0) is 31.9 Å². The van der Waals surface area contributed by atoms with Crippen LogP contribution in [0.2, 0.25) is 0 Å². The van der Waals surface area contributed by atoms with Gasteiger partial charge in [0.2, 0.25) is 5.95 Å². The highest BCUT2D eigenvalue weighted by molar-refractivity contribution is 5.76. The number of hydrogen-bond donors (Lipinski definition) is 0. The van der Waals surface area contributed by atoms with E-state index in [9.17, 15) is 0 Å². The Hall–Kier alpha value is -2.60. The van der Waals surface area contributed by atoms with Crippen LogP contribution in [0, 0.1) is 0 Å². The Bertz CT molecular complexity index is 783. The van der Waals surface area contributed by atoms with E-state index < -0.39 is 0 Å². The first-order valence-electron chi connectivity index (χ1n) is 9.68. The molecule has 2 aliphatic heterocycles. The highest BCUT2D eigenvalue weighted by Gasteiger charge is 2.28. The third-order valence-electron chi connectivity index (χ3n) is 5.30. The minimum absolute atomic E-state index is 0.504. The van der Waals surface area contributed by atoms with Crippen molar-refractivity contribution in [3.8, 4) is 0 Å². The van der Waals surface area contributed by atoms with Crippen LogP contribution in [-0.4, -0.2) is 42.8 Å². The molecule has 1 aromatic heterocycles. The van der Waals surface area contributed by atoms with Gasteiger partial charge in [0, 0.05) is 63.1 Å². The summed E-state index contributed by atoms with van der Waals surface area (Å²) in [5.41, 5.74) is 3.57. The summed E-state index contributed by atoms with van der Waals surface area (Å²) in [6.07, 6.45) is 10.3. The van der Waals surface area contributed by atoms with E-state index in [1.165, 1.54) is 11.4 Å². The molecule has 2 aromatic rings. The van der Waals surface area contributed by atoms with E-state index in [2.05, 4.69) is 68.4 Å². The van der Waals surface area contributed by atoms with E-state index in [-0.39, 0.29) is 0 Å². The molecule has 0 bridgehead atoms. The molecule has 6 nitrogen and oxygen atoms in total. The van der Waals surface area contributed by atoms with Crippen molar-refractivity contribution >= 4 is 17.3 Å². The molecule has 0 spiro atoms. The third kappa shape index (κ3) is 3.76. The Balaban J connectivity index is 1.40. The van der Waals surface area contributed by atoms with Gasteiger partial charge in [-0.1, -0.05) is 12.1 Å². The van der Waals surface area contributed by atoms with Gasteiger partial charge in [0.1, 0.15) is 0 Å². The maximum atomic E-state index is 5.41. The van der Waals surface area contributed by atoms with Crippen molar-refractivity contribution < 1.29 is 4.74 Å². The maximum Gasteiger partial charge on any atom is 0.225 e. The van der Waals surface area contributed by atoms with E-state index in [1.54, 1.807) is 0 Å². The van der Waals surface area contributed by atoms with Crippen LogP contribution in [0.25, 0.3) is 0 Å². The van der Waals surface area contributed by atoms with Crippen molar-refractivity contribution in [1.82, 2.24) is 9.97 Å². The molecule has 4 rings (SSSR count). The quantitative estimate of drug-likeness (QED) is 0.809. The Kier molecular flexibility index (Phi) is 5.25. The lowest BCUT2D eigenvalue weighted by Gasteiger charge is -2.41. The molecule has 6 heteroatoms. The number of aromatic nitrogens is 2. The van der Waals surface area contributed by atoms with Crippen LogP contribution in [0.4, 0.5) is 17.3 Å². The summed E-state index contributed by atoms with van der Waals surface area (Å²) in [7, 11) is 2.10. The Morgan fingerprint density at radius 2 is 1.74 bits per heavy atom. The molecule has 142 valence electrons. The fourth-order valence-electron chi connectivity index (χ4n) is 3.78. The summed E-state index contributed by atoms with van der Waals surface area (Å²) in [6, 6.07) is 9.11. The van der Waals surface area contributed by atoms with E-state index in [0.29, 0.717) is 19.3 Å². The van der Waals surface area contributed by atoms with Gasteiger partial charge in [0.25, 0.3) is 0 Å². The summed E-state index contributed by atoms with van der Waals surface area (Å²) in [6.45, 7) is 5.22. The molecular formula is C21H27N5O. The van der Waals surface area contributed by atoms with Gasteiger partial charge in [-0.25, -0.2) is 9.97 Å². The van der Waals surface area contributed by atoms with Crippen molar-refractivity contribution in [3.63, 3.8) is 0 Å². The molecule has 1 aromatic carbocycles. The van der Waals surface area contributed by atoms with E-state index in [4.69, 9.17) is 4.74 Å². The molecule has 0 amide bonds. The molecule has 0 unspecified atom stereocenters. The second-order valence-electron chi connectivity index (χ2n) is 7.05. The Labute approximate surface area is 161 Å². The first kappa shape index (κ1) is 17.8. The molecule has 0 atom stereocenters. The van der Waals surface area contributed by atoms with E-state index in [1.807, 2.05) is 19.3 Å². The number of hydrogen-bond acceptors (Lipinski definition) is 6. The predicted molar refractivity (Wildman–Crippen MR) is 109 cm³/mol. The minimum Gasteiger partial charge on any atom is -0.377 e. The smallest absolute Gasteiger partial charge is 0.225 e. The second-order valence-corrected chi connectivity index (χ2v) is 7.05. The molecule has 0 aliphatic carbocycles. The van der Waals surface area contributed by atoms with E-state index in [0.717, 1.165) is 37.4 Å². The van der Waals surface area contributed by atoms with Crippen LogP contribution >= 0.6 is 0 Å². The maximum absolute atomic E-state index is 5.41. The van der Waals surface area contributed by atoms with Crippen molar-refractivity contribution in [2.45, 2.75) is 32.4 Å². The molecule has 1 saturated heterocycles. The molecular weight excluding hydrogens is 338 g/mol. The SMILES string of the molecule is CCOCc1cnc(N2CCC(N3C=CN(C)c4ccccc43)CC2)nc1. The second kappa shape index (κ2) is 7.96. The van der Waals surface area contributed by atoms with Crippen LogP contribution in [0.15, 0.2) is 49.1 Å². The first-order chi connectivity index (χ1) is 13.3. The standard InChI is InChI=1S/C21H27N5O/c1-3-27-16-17-14-22-21(23-15-17)25-10-8-18(9-11-25)26-13-12-24(2)19-6-4-5-7-20(19)26/h4-7,12-15,18H,3,8-11,16H2,1-2H3. The van der Waals surface area contributed by atoms with Crippen LogP contribution in [0.1, 0.15) is 25.3 Å². The van der Waals surface area contributed by atoms with Gasteiger partial charge in [-0.15, -0.1) is 0 Å². The highest BCUT2D eigenvalue weighted by Crippen LogP contribution is 2.35. The summed E-state index contributed by atoms with van der Waals surface area (Å²) in [5, 5.41) is 0. The molecule has 0 radical (unpaired) electrons. The number of para-hydroxylation sites is 2.